The summed E-state index contributed by atoms with van der Waals surface area (Å²) in [4.78, 5) is 30.7. The number of fused-ring (bicyclic) bond motifs is 1. The average molecular weight is 462 g/mol. The molecule has 0 aromatic carbocycles. The quantitative estimate of drug-likeness (QED) is 0.677. The summed E-state index contributed by atoms with van der Waals surface area (Å²) >= 11 is 0. The number of carbonyl (C=O) groups excluding carboxylic acids is 1. The number of anilines is 4. The van der Waals surface area contributed by atoms with Gasteiger partial charge in [0.05, 0.1) is 18.1 Å². The molecule has 2 aromatic heterocycles. The zero-order chi connectivity index (χ0) is 22.0. The lowest BCUT2D eigenvalue weighted by molar-refractivity contribution is -0.133. The third-order valence-corrected chi connectivity index (χ3v) is 5.84. The first-order chi connectivity index (χ1) is 14.9. The largest absolute Gasteiger partial charge is 0.472 e. The molecule has 0 aliphatic carbocycles. The molecular formula is C22H32ClN7O2. The molecule has 1 fully saturated rings. The Balaban J connectivity index is 0.00000289. The number of hydrogen-bond acceptors (Lipinski definition) is 8. The molecule has 4 heterocycles. The van der Waals surface area contributed by atoms with E-state index >= 15 is 0 Å². The predicted molar refractivity (Wildman–Crippen MR) is 128 cm³/mol. The second-order valence-corrected chi connectivity index (χ2v) is 8.40. The van der Waals surface area contributed by atoms with Gasteiger partial charge in [0.2, 0.25) is 5.95 Å². The number of hydrogen-bond donors (Lipinski definition) is 2. The van der Waals surface area contributed by atoms with Crippen molar-refractivity contribution in [3.05, 3.63) is 24.5 Å². The van der Waals surface area contributed by atoms with Gasteiger partial charge in [-0.3, -0.25) is 9.69 Å². The van der Waals surface area contributed by atoms with Gasteiger partial charge >= 0.3 is 0 Å². The van der Waals surface area contributed by atoms with E-state index in [0.29, 0.717) is 23.3 Å². The maximum absolute atomic E-state index is 13.1. The van der Waals surface area contributed by atoms with Crippen molar-refractivity contribution < 1.29 is 9.53 Å². The fourth-order valence-electron chi connectivity index (χ4n) is 4.05. The Bertz CT molecular complexity index is 928. The van der Waals surface area contributed by atoms with Crippen molar-refractivity contribution in [3.8, 4) is 5.75 Å². The van der Waals surface area contributed by atoms with E-state index in [9.17, 15) is 4.79 Å². The average Bonchev–Trinajstić information content (AvgIpc) is 2.78. The molecule has 4 rings (SSSR count). The van der Waals surface area contributed by atoms with Crippen LogP contribution in [0.15, 0.2) is 24.5 Å². The molecular weight excluding hydrogens is 430 g/mol. The number of rotatable bonds is 6. The summed E-state index contributed by atoms with van der Waals surface area (Å²) in [5.74, 6) is 1.97. The van der Waals surface area contributed by atoms with Crippen molar-refractivity contribution in [1.29, 1.82) is 0 Å². The van der Waals surface area contributed by atoms with Gasteiger partial charge in [-0.05, 0) is 38.8 Å². The Kier molecular flexibility index (Phi) is 7.40. The summed E-state index contributed by atoms with van der Waals surface area (Å²) in [6.07, 6.45) is 5.15. The molecule has 0 unspecified atom stereocenters. The molecule has 0 bridgehead atoms. The molecule has 0 atom stereocenters. The lowest BCUT2D eigenvalue weighted by Gasteiger charge is -2.41. The van der Waals surface area contributed by atoms with Gasteiger partial charge in [0.15, 0.2) is 17.2 Å². The highest BCUT2D eigenvalue weighted by Gasteiger charge is 2.44. The zero-order valence-corrected chi connectivity index (χ0v) is 19.9. The van der Waals surface area contributed by atoms with Crippen molar-refractivity contribution in [2.45, 2.75) is 52.2 Å². The Morgan fingerprint density at radius 3 is 2.50 bits per heavy atom. The molecule has 2 N–H and O–H groups in total. The van der Waals surface area contributed by atoms with Crippen LogP contribution in [0.3, 0.4) is 0 Å². The van der Waals surface area contributed by atoms with Gasteiger partial charge in [0.25, 0.3) is 5.91 Å². The lowest BCUT2D eigenvalue weighted by atomic mass is 10.0. The predicted octanol–water partition coefficient (Wildman–Crippen LogP) is 3.14. The van der Waals surface area contributed by atoms with Crippen LogP contribution >= 0.6 is 12.4 Å². The van der Waals surface area contributed by atoms with Crippen molar-refractivity contribution in [2.75, 3.05) is 41.3 Å². The standard InChI is InChI=1S/C22H31N7O2.ClH/c1-5-15(6-2)29-19-17(31-22(3,4)20(29)30)14-25-21(27-19)26-18-8-7-16(13-24-18)28-11-9-23-10-12-28;/h7-8,13-15,23H,5-6,9-12H2,1-4H3,(H,24,25,26,27);1H. The van der Waals surface area contributed by atoms with Crippen LogP contribution in [-0.2, 0) is 4.79 Å². The Morgan fingerprint density at radius 2 is 1.88 bits per heavy atom. The lowest BCUT2D eigenvalue weighted by Crippen LogP contribution is -2.56. The van der Waals surface area contributed by atoms with Crippen LogP contribution in [-0.4, -0.2) is 58.7 Å². The first kappa shape index (κ1) is 24.0. The minimum absolute atomic E-state index is 0. The van der Waals surface area contributed by atoms with Gasteiger partial charge < -0.3 is 20.3 Å². The van der Waals surface area contributed by atoms with E-state index in [2.05, 4.69) is 44.3 Å². The van der Waals surface area contributed by atoms with Gasteiger partial charge in [-0.15, -0.1) is 12.4 Å². The second-order valence-electron chi connectivity index (χ2n) is 8.40. The number of nitrogens with one attached hydrogen (secondary N) is 2. The fraction of sp³-hybridized carbons (Fsp3) is 0.545. The molecule has 0 spiro atoms. The summed E-state index contributed by atoms with van der Waals surface area (Å²) in [5.41, 5.74) is 0.148. The van der Waals surface area contributed by atoms with Gasteiger partial charge in [0.1, 0.15) is 5.82 Å². The van der Waals surface area contributed by atoms with Gasteiger partial charge in [-0.25, -0.2) is 9.97 Å². The third-order valence-electron chi connectivity index (χ3n) is 5.84. The Hall–Kier alpha value is -2.65. The van der Waals surface area contributed by atoms with Crippen LogP contribution in [0.2, 0.25) is 0 Å². The molecule has 10 heteroatoms. The molecule has 9 nitrogen and oxygen atoms in total. The van der Waals surface area contributed by atoms with E-state index in [0.717, 1.165) is 44.7 Å². The number of ether oxygens (including phenoxy) is 1. The number of nitrogens with zero attached hydrogens (tertiary/aromatic N) is 5. The van der Waals surface area contributed by atoms with E-state index in [4.69, 9.17) is 4.74 Å². The molecule has 1 amide bonds. The summed E-state index contributed by atoms with van der Waals surface area (Å²) < 4.78 is 5.92. The fourth-order valence-corrected chi connectivity index (χ4v) is 4.05. The number of carbonyl (C=O) groups is 1. The molecule has 32 heavy (non-hydrogen) atoms. The van der Waals surface area contributed by atoms with E-state index in [-0.39, 0.29) is 24.4 Å². The number of pyridine rings is 1. The normalized spacial score (nSPS) is 17.5. The highest BCUT2D eigenvalue weighted by molar-refractivity contribution is 6.02. The number of amides is 1. The number of halogens is 1. The van der Waals surface area contributed by atoms with Crippen LogP contribution in [0.1, 0.15) is 40.5 Å². The van der Waals surface area contributed by atoms with Crippen LogP contribution < -0.4 is 25.2 Å². The SMILES string of the molecule is CCC(CC)N1C(=O)C(C)(C)Oc2cnc(Nc3ccc(N4CCNCC4)cn3)nc21.Cl. The van der Waals surface area contributed by atoms with Crippen molar-refractivity contribution >= 4 is 41.6 Å². The monoisotopic (exact) mass is 461 g/mol. The van der Waals surface area contributed by atoms with Crippen LogP contribution in [0, 0.1) is 0 Å². The van der Waals surface area contributed by atoms with Crippen molar-refractivity contribution in [3.63, 3.8) is 0 Å². The second kappa shape index (κ2) is 9.87. The summed E-state index contributed by atoms with van der Waals surface area (Å²) in [6, 6.07) is 4.02. The summed E-state index contributed by atoms with van der Waals surface area (Å²) in [7, 11) is 0. The summed E-state index contributed by atoms with van der Waals surface area (Å²) in [6.45, 7) is 11.6. The van der Waals surface area contributed by atoms with Crippen LogP contribution in [0.25, 0.3) is 0 Å². The minimum atomic E-state index is -0.949. The highest BCUT2D eigenvalue weighted by atomic mass is 35.5. The number of aromatic nitrogens is 3. The molecule has 2 aliphatic heterocycles. The van der Waals surface area contributed by atoms with Crippen molar-refractivity contribution in [2.24, 2.45) is 0 Å². The first-order valence-electron chi connectivity index (χ1n) is 11.0. The van der Waals surface area contributed by atoms with Crippen LogP contribution in [0.5, 0.6) is 5.75 Å². The third kappa shape index (κ3) is 4.73. The maximum Gasteiger partial charge on any atom is 0.272 e. The Morgan fingerprint density at radius 1 is 1.16 bits per heavy atom. The molecule has 2 aliphatic rings. The first-order valence-corrected chi connectivity index (χ1v) is 11.0. The van der Waals surface area contributed by atoms with E-state index in [1.807, 2.05) is 18.3 Å². The highest BCUT2D eigenvalue weighted by Crippen LogP contribution is 2.38. The van der Waals surface area contributed by atoms with Gasteiger partial charge in [0, 0.05) is 32.2 Å². The van der Waals surface area contributed by atoms with E-state index in [1.165, 1.54) is 0 Å². The van der Waals surface area contributed by atoms with Gasteiger partial charge in [-0.1, -0.05) is 13.8 Å². The smallest absolute Gasteiger partial charge is 0.272 e. The zero-order valence-electron chi connectivity index (χ0n) is 19.1. The molecule has 2 aromatic rings. The molecule has 174 valence electrons. The number of piperazine rings is 1. The summed E-state index contributed by atoms with van der Waals surface area (Å²) in [5, 5.41) is 6.51. The van der Waals surface area contributed by atoms with Crippen molar-refractivity contribution in [1.82, 2.24) is 20.3 Å². The molecule has 0 saturated carbocycles. The molecule has 0 radical (unpaired) electrons. The molecule has 1 saturated heterocycles. The van der Waals surface area contributed by atoms with Gasteiger partial charge in [-0.2, -0.15) is 4.98 Å². The van der Waals surface area contributed by atoms with E-state index < -0.39 is 5.60 Å². The van der Waals surface area contributed by atoms with Crippen LogP contribution in [0.4, 0.5) is 23.3 Å². The Labute approximate surface area is 195 Å². The topological polar surface area (TPSA) is 95.5 Å². The minimum Gasteiger partial charge on any atom is -0.472 e. The maximum atomic E-state index is 13.1. The van der Waals surface area contributed by atoms with E-state index in [1.54, 1.807) is 24.9 Å².